The van der Waals surface area contributed by atoms with Crippen molar-refractivity contribution in [3.8, 4) is 0 Å². The fourth-order valence-corrected chi connectivity index (χ4v) is 1.81. The van der Waals surface area contributed by atoms with Crippen LogP contribution in [0.1, 0.15) is 30.1 Å². The Labute approximate surface area is 99.0 Å². The third-order valence-electron chi connectivity index (χ3n) is 2.85. The van der Waals surface area contributed by atoms with Gasteiger partial charge < -0.3 is 5.11 Å². The second kappa shape index (κ2) is 4.55. The molecule has 0 bridgehead atoms. The lowest BCUT2D eigenvalue weighted by molar-refractivity contribution is -0.117. The smallest absolute Gasteiger partial charge is 0.335 e. The third kappa shape index (κ3) is 2.29. The van der Waals surface area contributed by atoms with Crippen LogP contribution >= 0.6 is 0 Å². The highest BCUT2D eigenvalue weighted by atomic mass is 16.4. The summed E-state index contributed by atoms with van der Waals surface area (Å²) in [5.41, 5.74) is 3.98. The van der Waals surface area contributed by atoms with Crippen LogP contribution in [0.25, 0.3) is 0 Å². The topological polar surface area (TPSA) is 69.6 Å². The number of rotatable bonds is 3. The van der Waals surface area contributed by atoms with Crippen LogP contribution in [0.5, 0.6) is 0 Å². The van der Waals surface area contributed by atoms with Gasteiger partial charge in [-0.1, -0.05) is 6.92 Å². The van der Waals surface area contributed by atoms with Crippen LogP contribution in [-0.2, 0) is 4.79 Å². The van der Waals surface area contributed by atoms with Crippen molar-refractivity contribution in [2.75, 3.05) is 5.01 Å². The summed E-state index contributed by atoms with van der Waals surface area (Å²) in [7, 11) is 0. The molecular formula is C12H14N2O3. The molecule has 17 heavy (non-hydrogen) atoms. The zero-order valence-electron chi connectivity index (χ0n) is 9.51. The molecule has 1 heterocycles. The van der Waals surface area contributed by atoms with Crippen molar-refractivity contribution in [1.82, 2.24) is 5.43 Å². The van der Waals surface area contributed by atoms with Crippen LogP contribution in [-0.4, -0.2) is 23.0 Å². The minimum Gasteiger partial charge on any atom is -0.478 e. The minimum absolute atomic E-state index is 0.0138. The van der Waals surface area contributed by atoms with E-state index in [1.54, 1.807) is 12.1 Å². The SMILES string of the molecule is CCC1CC(=O)N(c2ccc(C(=O)O)cc2)N1. The number of anilines is 1. The van der Waals surface area contributed by atoms with Gasteiger partial charge in [0.05, 0.1) is 11.3 Å². The molecule has 1 aliphatic rings. The second-order valence-electron chi connectivity index (χ2n) is 4.02. The van der Waals surface area contributed by atoms with Crippen molar-refractivity contribution in [2.24, 2.45) is 0 Å². The zero-order valence-corrected chi connectivity index (χ0v) is 9.51. The number of nitrogens with zero attached hydrogens (tertiary/aromatic N) is 1. The number of nitrogens with one attached hydrogen (secondary N) is 1. The van der Waals surface area contributed by atoms with Gasteiger partial charge in [-0.2, -0.15) is 0 Å². The Kier molecular flexibility index (Phi) is 3.10. The summed E-state index contributed by atoms with van der Waals surface area (Å²) in [6.45, 7) is 2.02. The zero-order chi connectivity index (χ0) is 12.4. The van der Waals surface area contributed by atoms with Gasteiger partial charge in [-0.05, 0) is 30.7 Å². The summed E-state index contributed by atoms with van der Waals surface area (Å²) < 4.78 is 0. The number of hydrazine groups is 1. The molecule has 0 spiro atoms. The van der Waals surface area contributed by atoms with Crippen LogP contribution in [0.15, 0.2) is 24.3 Å². The van der Waals surface area contributed by atoms with E-state index in [1.807, 2.05) is 6.92 Å². The predicted octanol–water partition coefficient (Wildman–Crippen LogP) is 1.40. The summed E-state index contributed by atoms with van der Waals surface area (Å²) in [5, 5.41) is 10.3. The molecule has 0 radical (unpaired) electrons. The van der Waals surface area contributed by atoms with Crippen molar-refractivity contribution >= 4 is 17.6 Å². The molecule has 2 rings (SSSR count). The average molecular weight is 234 g/mol. The molecule has 5 heteroatoms. The van der Waals surface area contributed by atoms with Crippen molar-refractivity contribution < 1.29 is 14.7 Å². The maximum atomic E-state index is 11.7. The Morgan fingerprint density at radius 1 is 1.47 bits per heavy atom. The molecule has 1 atom stereocenters. The highest BCUT2D eigenvalue weighted by molar-refractivity contribution is 5.95. The monoisotopic (exact) mass is 234 g/mol. The number of carbonyl (C=O) groups excluding carboxylic acids is 1. The average Bonchev–Trinajstić information content (AvgIpc) is 2.71. The predicted molar refractivity (Wildman–Crippen MR) is 62.7 cm³/mol. The van der Waals surface area contributed by atoms with Gasteiger partial charge in [-0.25, -0.2) is 15.2 Å². The lowest BCUT2D eigenvalue weighted by atomic mass is 10.2. The minimum atomic E-state index is -0.969. The molecule has 0 aromatic heterocycles. The van der Waals surface area contributed by atoms with Crippen molar-refractivity contribution in [3.63, 3.8) is 0 Å². The molecule has 1 amide bonds. The molecule has 90 valence electrons. The van der Waals surface area contributed by atoms with Gasteiger partial charge in [0.25, 0.3) is 0 Å². The van der Waals surface area contributed by atoms with E-state index >= 15 is 0 Å². The number of carboxylic acid groups (broad SMARTS) is 1. The van der Waals surface area contributed by atoms with Crippen LogP contribution in [0.3, 0.4) is 0 Å². The molecule has 1 aromatic rings. The van der Waals surface area contributed by atoms with E-state index in [4.69, 9.17) is 5.11 Å². The molecule has 0 saturated carbocycles. The van der Waals surface area contributed by atoms with E-state index in [1.165, 1.54) is 17.1 Å². The molecule has 1 aromatic carbocycles. The van der Waals surface area contributed by atoms with Gasteiger partial charge in [0.2, 0.25) is 5.91 Å². The summed E-state index contributed by atoms with van der Waals surface area (Å²) >= 11 is 0. The first kappa shape index (κ1) is 11.6. The second-order valence-corrected chi connectivity index (χ2v) is 4.02. The van der Waals surface area contributed by atoms with E-state index in [2.05, 4.69) is 5.43 Å². The fourth-order valence-electron chi connectivity index (χ4n) is 1.81. The van der Waals surface area contributed by atoms with Gasteiger partial charge in [-0.15, -0.1) is 0 Å². The Balaban J connectivity index is 2.18. The van der Waals surface area contributed by atoms with Crippen molar-refractivity contribution in [3.05, 3.63) is 29.8 Å². The van der Waals surface area contributed by atoms with Crippen LogP contribution in [0.2, 0.25) is 0 Å². The Bertz CT molecular complexity index is 442. The number of hydrogen-bond donors (Lipinski definition) is 2. The number of carboxylic acids is 1. The first-order chi connectivity index (χ1) is 8.11. The fraction of sp³-hybridized carbons (Fsp3) is 0.333. The lowest BCUT2D eigenvalue weighted by Gasteiger charge is -2.17. The molecular weight excluding hydrogens is 220 g/mol. The number of carbonyl (C=O) groups is 2. The standard InChI is InChI=1S/C12H14N2O3/c1-2-9-7-11(15)14(13-9)10-5-3-8(4-6-10)12(16)17/h3-6,9,13H,2,7H2,1H3,(H,16,17). The number of aromatic carboxylic acids is 1. The van der Waals surface area contributed by atoms with E-state index < -0.39 is 5.97 Å². The third-order valence-corrected chi connectivity index (χ3v) is 2.85. The van der Waals surface area contributed by atoms with Gasteiger partial charge in [0, 0.05) is 12.5 Å². The number of hydrogen-bond acceptors (Lipinski definition) is 3. The quantitative estimate of drug-likeness (QED) is 0.829. The van der Waals surface area contributed by atoms with Crippen molar-refractivity contribution in [1.29, 1.82) is 0 Å². The molecule has 1 unspecified atom stereocenters. The lowest BCUT2D eigenvalue weighted by Crippen LogP contribution is -2.37. The maximum absolute atomic E-state index is 11.7. The van der Waals surface area contributed by atoms with Gasteiger partial charge in [0.1, 0.15) is 0 Å². The number of benzene rings is 1. The van der Waals surface area contributed by atoms with E-state index in [9.17, 15) is 9.59 Å². The Morgan fingerprint density at radius 2 is 2.12 bits per heavy atom. The van der Waals surface area contributed by atoms with Crippen LogP contribution < -0.4 is 10.4 Å². The maximum Gasteiger partial charge on any atom is 0.335 e. The highest BCUT2D eigenvalue weighted by Gasteiger charge is 2.28. The summed E-state index contributed by atoms with van der Waals surface area (Å²) in [4.78, 5) is 22.4. The normalized spacial score (nSPS) is 19.7. The molecule has 5 nitrogen and oxygen atoms in total. The van der Waals surface area contributed by atoms with Gasteiger partial charge in [-0.3, -0.25) is 4.79 Å². The molecule has 1 fully saturated rings. The summed E-state index contributed by atoms with van der Waals surface area (Å²) in [5.74, 6) is -0.955. The van der Waals surface area contributed by atoms with Crippen LogP contribution in [0.4, 0.5) is 5.69 Å². The van der Waals surface area contributed by atoms with Gasteiger partial charge in [0.15, 0.2) is 0 Å². The molecule has 1 aliphatic heterocycles. The Morgan fingerprint density at radius 3 is 2.59 bits per heavy atom. The first-order valence-electron chi connectivity index (χ1n) is 5.54. The summed E-state index contributed by atoms with van der Waals surface area (Å²) in [6, 6.07) is 6.41. The molecule has 1 saturated heterocycles. The van der Waals surface area contributed by atoms with E-state index in [0.717, 1.165) is 6.42 Å². The van der Waals surface area contributed by atoms with Gasteiger partial charge >= 0.3 is 5.97 Å². The molecule has 2 N–H and O–H groups in total. The molecule has 0 aliphatic carbocycles. The number of amides is 1. The largest absolute Gasteiger partial charge is 0.478 e. The highest BCUT2D eigenvalue weighted by Crippen LogP contribution is 2.20. The van der Waals surface area contributed by atoms with E-state index in [-0.39, 0.29) is 17.5 Å². The Hall–Kier alpha value is -1.88. The summed E-state index contributed by atoms with van der Waals surface area (Å²) in [6.07, 6.45) is 1.37. The van der Waals surface area contributed by atoms with Crippen LogP contribution in [0, 0.1) is 0 Å². The van der Waals surface area contributed by atoms with Crippen molar-refractivity contribution in [2.45, 2.75) is 25.8 Å². The van der Waals surface area contributed by atoms with E-state index in [0.29, 0.717) is 12.1 Å². The first-order valence-corrected chi connectivity index (χ1v) is 5.54.